The van der Waals surface area contributed by atoms with Crippen LogP contribution in [0.4, 0.5) is 0 Å². The molecule has 3 aromatic heterocycles. The van der Waals surface area contributed by atoms with Crippen LogP contribution in [0.25, 0.3) is 11.1 Å². The number of thiophene rings is 1. The van der Waals surface area contributed by atoms with Crippen LogP contribution in [0.15, 0.2) is 45.8 Å². The summed E-state index contributed by atoms with van der Waals surface area (Å²) in [5.74, 6) is 0.221. The van der Waals surface area contributed by atoms with E-state index in [9.17, 15) is 14.4 Å². The van der Waals surface area contributed by atoms with E-state index in [0.717, 1.165) is 53.2 Å². The summed E-state index contributed by atoms with van der Waals surface area (Å²) >= 11 is 2.91. The van der Waals surface area contributed by atoms with Gasteiger partial charge >= 0.3 is 11.9 Å². The van der Waals surface area contributed by atoms with E-state index in [4.69, 9.17) is 18.9 Å². The SMILES string of the molecule is CCOC(=O)c1c(-n2c(C)cc(/C=c3\sc4n(c3=O)[C@H](c3ccc(OCC)c(OCC)c3)C(C(=O)OC)=CN=4)c2C)sc2c1CCCC2. The first-order valence-electron chi connectivity index (χ1n) is 16.2. The Labute approximate surface area is 286 Å². The van der Waals surface area contributed by atoms with Crippen LogP contribution in [-0.2, 0) is 27.1 Å². The van der Waals surface area contributed by atoms with Crippen molar-refractivity contribution in [2.45, 2.75) is 66.3 Å². The molecule has 48 heavy (non-hydrogen) atoms. The average molecular weight is 690 g/mol. The lowest BCUT2D eigenvalue weighted by Crippen LogP contribution is -2.39. The number of thiazole rings is 1. The Morgan fingerprint density at radius 1 is 0.979 bits per heavy atom. The second-order valence-corrected chi connectivity index (χ2v) is 13.6. The molecule has 1 aliphatic carbocycles. The maximum atomic E-state index is 14.2. The van der Waals surface area contributed by atoms with Gasteiger partial charge in [0.25, 0.3) is 5.56 Å². The molecule has 4 aromatic rings. The first-order valence-corrected chi connectivity index (χ1v) is 17.8. The quantitative estimate of drug-likeness (QED) is 0.207. The molecule has 4 heterocycles. The molecule has 6 rings (SSSR count). The summed E-state index contributed by atoms with van der Waals surface area (Å²) in [7, 11) is 1.31. The second kappa shape index (κ2) is 14.0. The average Bonchev–Trinajstić information content (AvgIpc) is 3.71. The number of carbonyl (C=O) groups is 2. The van der Waals surface area contributed by atoms with Crippen LogP contribution in [0.1, 0.15) is 83.0 Å². The maximum absolute atomic E-state index is 14.2. The maximum Gasteiger partial charge on any atom is 0.341 e. The number of benzene rings is 1. The Morgan fingerprint density at radius 3 is 2.46 bits per heavy atom. The van der Waals surface area contributed by atoms with Gasteiger partial charge in [-0.2, -0.15) is 0 Å². The van der Waals surface area contributed by atoms with Gasteiger partial charge in [-0.3, -0.25) is 9.36 Å². The van der Waals surface area contributed by atoms with Gasteiger partial charge in [0.15, 0.2) is 16.3 Å². The Kier molecular flexibility index (Phi) is 9.75. The Morgan fingerprint density at radius 2 is 1.73 bits per heavy atom. The van der Waals surface area contributed by atoms with Gasteiger partial charge in [0, 0.05) is 22.5 Å². The Hall–Kier alpha value is -4.42. The molecule has 252 valence electrons. The molecule has 0 spiro atoms. The summed E-state index contributed by atoms with van der Waals surface area (Å²) in [6.07, 6.45) is 7.31. The fourth-order valence-corrected chi connectivity index (χ4v) is 8.95. The van der Waals surface area contributed by atoms with E-state index in [1.165, 1.54) is 29.5 Å². The van der Waals surface area contributed by atoms with Gasteiger partial charge in [-0.05, 0) is 101 Å². The van der Waals surface area contributed by atoms with Gasteiger partial charge < -0.3 is 23.5 Å². The highest BCUT2D eigenvalue weighted by Crippen LogP contribution is 2.39. The molecule has 0 bridgehead atoms. The summed E-state index contributed by atoms with van der Waals surface area (Å²) in [6.45, 7) is 10.8. The summed E-state index contributed by atoms with van der Waals surface area (Å²) in [6, 6.07) is 6.65. The highest BCUT2D eigenvalue weighted by Gasteiger charge is 2.32. The van der Waals surface area contributed by atoms with E-state index in [2.05, 4.69) is 9.56 Å². The van der Waals surface area contributed by atoms with Crippen molar-refractivity contribution >= 4 is 40.7 Å². The lowest BCUT2D eigenvalue weighted by Gasteiger charge is -2.23. The first kappa shape index (κ1) is 33.5. The largest absolute Gasteiger partial charge is 0.490 e. The number of aromatic nitrogens is 2. The molecule has 0 amide bonds. The number of esters is 2. The minimum atomic E-state index is -0.789. The van der Waals surface area contributed by atoms with Crippen molar-refractivity contribution in [3.63, 3.8) is 0 Å². The summed E-state index contributed by atoms with van der Waals surface area (Å²) in [4.78, 5) is 46.7. The van der Waals surface area contributed by atoms with Gasteiger partial charge in [0.2, 0.25) is 0 Å². The topological polar surface area (TPSA) is 110 Å². The third-order valence-corrected chi connectivity index (χ3v) is 10.9. The van der Waals surface area contributed by atoms with Crippen LogP contribution >= 0.6 is 22.7 Å². The third kappa shape index (κ3) is 5.92. The zero-order valence-electron chi connectivity index (χ0n) is 28.0. The molecule has 0 unspecified atom stereocenters. The van der Waals surface area contributed by atoms with Crippen molar-refractivity contribution < 1.29 is 28.5 Å². The number of carbonyl (C=O) groups excluding carboxylic acids is 2. The van der Waals surface area contributed by atoms with Crippen LogP contribution < -0.4 is 24.4 Å². The van der Waals surface area contributed by atoms with E-state index in [-0.39, 0.29) is 17.1 Å². The molecule has 12 heteroatoms. The van der Waals surface area contributed by atoms with Crippen LogP contribution in [-0.4, -0.2) is 48.0 Å². The number of methoxy groups -OCH3 is 1. The standard InChI is InChI=1S/C36H39N3O7S2/c1-7-44-26-15-14-22(17-27(26)45-8-2)31-25(34(41)43-6)19-37-36-39(31)32(40)29(48-36)18-23-16-20(4)38(21(23)5)33-30(35(42)46-9-3)24-12-10-11-13-28(24)47-33/h14-19,31H,7-13H2,1-6H3/b29-18-/t31-/m1/s1. The van der Waals surface area contributed by atoms with E-state index < -0.39 is 12.0 Å². The number of nitrogens with zero attached hydrogens (tertiary/aromatic N) is 3. The number of ether oxygens (including phenoxy) is 4. The highest BCUT2D eigenvalue weighted by atomic mass is 32.1. The number of fused-ring (bicyclic) bond motifs is 2. The lowest BCUT2D eigenvalue weighted by molar-refractivity contribution is -0.136. The zero-order chi connectivity index (χ0) is 34.1. The van der Waals surface area contributed by atoms with Gasteiger partial charge in [-0.15, -0.1) is 11.3 Å². The summed E-state index contributed by atoms with van der Waals surface area (Å²) in [5.41, 5.74) is 5.06. The molecular weight excluding hydrogens is 651 g/mol. The van der Waals surface area contributed by atoms with E-state index in [1.807, 2.05) is 52.8 Å². The monoisotopic (exact) mass is 689 g/mol. The van der Waals surface area contributed by atoms with E-state index in [0.29, 0.717) is 51.8 Å². The van der Waals surface area contributed by atoms with Crippen LogP contribution in [0, 0.1) is 13.8 Å². The van der Waals surface area contributed by atoms with Crippen molar-refractivity contribution in [1.29, 1.82) is 0 Å². The van der Waals surface area contributed by atoms with Crippen molar-refractivity contribution in [2.75, 3.05) is 26.9 Å². The molecule has 0 saturated heterocycles. The Balaban J connectivity index is 1.48. The third-order valence-electron chi connectivity index (χ3n) is 8.60. The molecular formula is C36H39N3O7S2. The first-order chi connectivity index (χ1) is 23.2. The fraction of sp³-hybridized carbons (Fsp3) is 0.389. The normalized spacial score (nSPS) is 15.7. The number of hydrogen-bond acceptors (Lipinski definition) is 10. The molecule has 10 nitrogen and oxygen atoms in total. The van der Waals surface area contributed by atoms with Crippen LogP contribution in [0.3, 0.4) is 0 Å². The molecule has 1 aromatic carbocycles. The minimum Gasteiger partial charge on any atom is -0.490 e. The van der Waals surface area contributed by atoms with Crippen LogP contribution in [0.5, 0.6) is 11.5 Å². The van der Waals surface area contributed by atoms with Gasteiger partial charge in [-0.1, -0.05) is 17.4 Å². The predicted molar refractivity (Wildman–Crippen MR) is 186 cm³/mol. The number of hydrogen-bond donors (Lipinski definition) is 0. The van der Waals surface area contributed by atoms with Crippen molar-refractivity contribution in [2.24, 2.45) is 4.99 Å². The van der Waals surface area contributed by atoms with Gasteiger partial charge in [0.1, 0.15) is 5.00 Å². The summed E-state index contributed by atoms with van der Waals surface area (Å²) < 4.78 is 26.4. The van der Waals surface area contributed by atoms with Crippen molar-refractivity contribution in [3.8, 4) is 16.5 Å². The molecule has 1 atom stereocenters. The van der Waals surface area contributed by atoms with Crippen LogP contribution in [0.2, 0.25) is 0 Å². The number of aryl methyl sites for hydroxylation is 2. The highest BCUT2D eigenvalue weighted by molar-refractivity contribution is 7.15. The number of rotatable bonds is 10. The smallest absolute Gasteiger partial charge is 0.341 e. The summed E-state index contributed by atoms with van der Waals surface area (Å²) in [5, 5.41) is 0.861. The van der Waals surface area contributed by atoms with Gasteiger partial charge in [0.05, 0.1) is 48.6 Å². The zero-order valence-corrected chi connectivity index (χ0v) is 29.6. The molecule has 2 aliphatic rings. The molecule has 0 saturated carbocycles. The van der Waals surface area contributed by atoms with E-state index >= 15 is 0 Å². The second-order valence-electron chi connectivity index (χ2n) is 11.5. The predicted octanol–water partition coefficient (Wildman–Crippen LogP) is 5.34. The Bertz CT molecular complexity index is 2110. The van der Waals surface area contributed by atoms with Crippen molar-refractivity contribution in [3.05, 3.63) is 94.2 Å². The minimum absolute atomic E-state index is 0.231. The van der Waals surface area contributed by atoms with E-state index in [1.54, 1.807) is 28.0 Å². The fourth-order valence-electron chi connectivity index (χ4n) is 6.50. The molecule has 0 N–H and O–H groups in total. The van der Waals surface area contributed by atoms with Crippen molar-refractivity contribution in [1.82, 2.24) is 9.13 Å². The molecule has 0 radical (unpaired) electrons. The van der Waals surface area contributed by atoms with Gasteiger partial charge in [-0.25, -0.2) is 14.6 Å². The molecule has 1 aliphatic heterocycles. The lowest BCUT2D eigenvalue weighted by atomic mass is 9.95. The molecule has 0 fully saturated rings.